The zero-order valence-electron chi connectivity index (χ0n) is 16.9. The first kappa shape index (κ1) is 22.5. The largest absolute Gasteiger partial charge is 0.493 e. The molecular weight excluding hydrogens is 444 g/mol. The fraction of sp³-hybridized carbons (Fsp3) is 0.211. The first-order valence-corrected chi connectivity index (χ1v) is 11.2. The van der Waals surface area contributed by atoms with Crippen molar-refractivity contribution < 1.29 is 27.4 Å². The monoisotopic (exact) mass is 464 g/mol. The van der Waals surface area contributed by atoms with Crippen molar-refractivity contribution in [3.8, 4) is 17.2 Å². The Kier molecular flexibility index (Phi) is 7.05. The minimum Gasteiger partial charge on any atom is -0.493 e. The summed E-state index contributed by atoms with van der Waals surface area (Å²) in [6, 6.07) is 11.8. The fourth-order valence-corrected chi connectivity index (χ4v) is 4.61. The van der Waals surface area contributed by atoms with Crippen LogP contribution in [0.3, 0.4) is 0 Å². The third kappa shape index (κ3) is 5.10. The first-order valence-electron chi connectivity index (χ1n) is 8.87. The van der Waals surface area contributed by atoms with Crippen LogP contribution in [0, 0.1) is 0 Å². The molecule has 1 aromatic heterocycles. The molecule has 0 aliphatic carbocycles. The molecule has 12 heteroatoms. The van der Waals surface area contributed by atoms with Crippen molar-refractivity contribution in [1.29, 1.82) is 0 Å². The van der Waals surface area contributed by atoms with Crippen molar-refractivity contribution in [2.24, 2.45) is 0 Å². The number of ether oxygens (including phenoxy) is 3. The van der Waals surface area contributed by atoms with E-state index in [1.54, 1.807) is 42.5 Å². The number of methoxy groups -OCH3 is 3. The molecule has 0 fully saturated rings. The highest BCUT2D eigenvalue weighted by molar-refractivity contribution is 7.91. The predicted molar refractivity (Wildman–Crippen MR) is 114 cm³/mol. The van der Waals surface area contributed by atoms with Crippen molar-refractivity contribution in [2.45, 2.75) is 10.9 Å². The second kappa shape index (κ2) is 9.73. The number of carbonyl (C=O) groups is 1. The van der Waals surface area contributed by atoms with Crippen molar-refractivity contribution in [3.63, 3.8) is 0 Å². The van der Waals surface area contributed by atoms with E-state index in [2.05, 4.69) is 20.2 Å². The lowest BCUT2D eigenvalue weighted by Gasteiger charge is -2.15. The van der Waals surface area contributed by atoms with E-state index in [-0.39, 0.29) is 16.0 Å². The second-order valence-electron chi connectivity index (χ2n) is 6.01. The molecule has 3 aromatic rings. The van der Waals surface area contributed by atoms with Crippen molar-refractivity contribution in [1.82, 2.24) is 14.9 Å². The molecule has 164 valence electrons. The van der Waals surface area contributed by atoms with E-state index in [0.717, 1.165) is 11.3 Å². The molecule has 10 nitrogen and oxygen atoms in total. The minimum absolute atomic E-state index is 0.0675. The van der Waals surface area contributed by atoms with Crippen LogP contribution in [0.1, 0.15) is 15.9 Å². The Labute approximate surface area is 183 Å². The second-order valence-corrected chi connectivity index (χ2v) is 8.93. The van der Waals surface area contributed by atoms with Gasteiger partial charge in [0, 0.05) is 17.7 Å². The zero-order valence-corrected chi connectivity index (χ0v) is 18.5. The molecular formula is C19H20N4O6S2. The molecule has 0 saturated heterocycles. The van der Waals surface area contributed by atoms with E-state index in [0.29, 0.717) is 28.4 Å². The predicted octanol–water partition coefficient (Wildman–Crippen LogP) is 2.29. The fourth-order valence-electron chi connectivity index (χ4n) is 2.66. The Morgan fingerprint density at radius 2 is 1.68 bits per heavy atom. The van der Waals surface area contributed by atoms with Gasteiger partial charge in [0.05, 0.1) is 21.3 Å². The molecule has 0 aliphatic heterocycles. The number of sulfonamides is 1. The molecule has 0 saturated carbocycles. The average molecular weight is 465 g/mol. The molecule has 0 atom stereocenters. The zero-order chi connectivity index (χ0) is 22.4. The molecule has 1 heterocycles. The van der Waals surface area contributed by atoms with Gasteiger partial charge in [0.2, 0.25) is 15.2 Å². The summed E-state index contributed by atoms with van der Waals surface area (Å²) in [5.74, 6) is 0.735. The van der Waals surface area contributed by atoms with Gasteiger partial charge in [-0.1, -0.05) is 35.6 Å². The highest BCUT2D eigenvalue weighted by Gasteiger charge is 2.23. The van der Waals surface area contributed by atoms with Crippen LogP contribution in [0.2, 0.25) is 0 Å². The Morgan fingerprint density at radius 1 is 0.968 bits per heavy atom. The van der Waals surface area contributed by atoms with Gasteiger partial charge in [-0.2, -0.15) is 0 Å². The summed E-state index contributed by atoms with van der Waals surface area (Å²) in [6.45, 7) is -0.0862. The van der Waals surface area contributed by atoms with Gasteiger partial charge in [-0.25, -0.2) is 13.1 Å². The minimum atomic E-state index is -3.98. The number of benzene rings is 2. The van der Waals surface area contributed by atoms with Crippen molar-refractivity contribution >= 4 is 32.4 Å². The Morgan fingerprint density at radius 3 is 2.32 bits per heavy atom. The summed E-state index contributed by atoms with van der Waals surface area (Å²) in [5.41, 5.74) is 0.951. The number of anilines is 1. The van der Waals surface area contributed by atoms with Crippen LogP contribution in [0.25, 0.3) is 0 Å². The normalized spacial score (nSPS) is 11.1. The standard InChI is InChI=1S/C19H20N4O6S2/c1-27-14-10-9-13(15(28-2)16(14)29-3)11-20-31(25,26)19-23-22-18(30-19)21-17(24)12-7-5-4-6-8-12/h4-10,20H,11H2,1-3H3,(H,21,22,24). The molecule has 2 aromatic carbocycles. The van der Waals surface area contributed by atoms with E-state index in [1.165, 1.54) is 21.3 Å². The van der Waals surface area contributed by atoms with E-state index in [9.17, 15) is 13.2 Å². The molecule has 3 rings (SSSR count). The van der Waals surface area contributed by atoms with Crippen LogP contribution in [0.15, 0.2) is 46.8 Å². The Balaban J connectivity index is 1.73. The van der Waals surface area contributed by atoms with E-state index >= 15 is 0 Å². The molecule has 31 heavy (non-hydrogen) atoms. The topological polar surface area (TPSA) is 129 Å². The summed E-state index contributed by atoms with van der Waals surface area (Å²) in [7, 11) is 0.412. The van der Waals surface area contributed by atoms with E-state index < -0.39 is 15.9 Å². The lowest BCUT2D eigenvalue weighted by Crippen LogP contribution is -2.23. The number of aromatic nitrogens is 2. The summed E-state index contributed by atoms with van der Waals surface area (Å²) in [4.78, 5) is 12.2. The smallest absolute Gasteiger partial charge is 0.270 e. The molecule has 0 unspecified atom stereocenters. The van der Waals surface area contributed by atoms with Crippen LogP contribution in [0.4, 0.5) is 5.13 Å². The van der Waals surface area contributed by atoms with Gasteiger partial charge in [0.15, 0.2) is 11.5 Å². The van der Waals surface area contributed by atoms with Crippen LogP contribution < -0.4 is 24.2 Å². The number of carbonyl (C=O) groups excluding carboxylic acids is 1. The van der Waals surface area contributed by atoms with Crippen LogP contribution in [-0.2, 0) is 16.6 Å². The maximum absolute atomic E-state index is 12.6. The van der Waals surface area contributed by atoms with Gasteiger partial charge in [-0.3, -0.25) is 10.1 Å². The van der Waals surface area contributed by atoms with Gasteiger partial charge in [-0.05, 0) is 18.2 Å². The van der Waals surface area contributed by atoms with Crippen molar-refractivity contribution in [3.05, 3.63) is 53.6 Å². The molecule has 0 spiro atoms. The third-order valence-electron chi connectivity index (χ3n) is 4.13. The highest BCUT2D eigenvalue weighted by atomic mass is 32.2. The van der Waals surface area contributed by atoms with E-state index in [1.807, 2.05) is 0 Å². The van der Waals surface area contributed by atoms with Gasteiger partial charge >= 0.3 is 0 Å². The SMILES string of the molecule is COc1ccc(CNS(=O)(=O)c2nnc(NC(=O)c3ccccc3)s2)c(OC)c1OC. The third-order valence-corrected chi connectivity index (χ3v) is 6.74. The number of rotatable bonds is 9. The van der Waals surface area contributed by atoms with Gasteiger partial charge in [0.25, 0.3) is 15.9 Å². The number of nitrogens with one attached hydrogen (secondary N) is 2. The lowest BCUT2D eigenvalue weighted by molar-refractivity contribution is 0.102. The highest BCUT2D eigenvalue weighted by Crippen LogP contribution is 2.39. The number of nitrogens with zero attached hydrogens (tertiary/aromatic N) is 2. The maximum atomic E-state index is 12.6. The first-order chi connectivity index (χ1) is 14.9. The van der Waals surface area contributed by atoms with Gasteiger partial charge < -0.3 is 14.2 Å². The van der Waals surface area contributed by atoms with Gasteiger partial charge in [-0.15, -0.1) is 10.2 Å². The Bertz CT molecular complexity index is 1170. The molecule has 0 aliphatic rings. The summed E-state index contributed by atoms with van der Waals surface area (Å²) >= 11 is 0.741. The summed E-state index contributed by atoms with van der Waals surface area (Å²) in [6.07, 6.45) is 0. The van der Waals surface area contributed by atoms with Crippen LogP contribution in [-0.4, -0.2) is 45.9 Å². The molecule has 0 bridgehead atoms. The summed E-state index contributed by atoms with van der Waals surface area (Å²) in [5, 5.41) is 10.0. The van der Waals surface area contributed by atoms with Gasteiger partial charge in [0.1, 0.15) is 0 Å². The quantitative estimate of drug-likeness (QED) is 0.462. The molecule has 2 N–H and O–H groups in total. The summed E-state index contributed by atoms with van der Waals surface area (Å²) < 4.78 is 43.3. The Hall–Kier alpha value is -3.22. The van der Waals surface area contributed by atoms with E-state index in [4.69, 9.17) is 14.2 Å². The molecule has 1 amide bonds. The lowest BCUT2D eigenvalue weighted by atomic mass is 10.1. The number of hydrogen-bond acceptors (Lipinski definition) is 9. The van der Waals surface area contributed by atoms with Crippen LogP contribution in [0.5, 0.6) is 17.2 Å². The van der Waals surface area contributed by atoms with Crippen molar-refractivity contribution in [2.75, 3.05) is 26.6 Å². The number of amides is 1. The average Bonchev–Trinajstić information content (AvgIpc) is 3.26. The maximum Gasteiger partial charge on any atom is 0.270 e. The molecule has 0 radical (unpaired) electrons. The number of hydrogen-bond donors (Lipinski definition) is 2. The van der Waals surface area contributed by atoms with Crippen LogP contribution >= 0.6 is 11.3 Å².